The third kappa shape index (κ3) is 3.79. The molecule has 0 aromatic heterocycles. The Balaban J connectivity index is 1.69. The van der Waals surface area contributed by atoms with Crippen LogP contribution in [0.3, 0.4) is 0 Å². The van der Waals surface area contributed by atoms with Crippen molar-refractivity contribution in [1.29, 1.82) is 0 Å². The van der Waals surface area contributed by atoms with E-state index < -0.39 is 0 Å². The van der Waals surface area contributed by atoms with Crippen LogP contribution in [0.2, 0.25) is 0 Å². The van der Waals surface area contributed by atoms with Gasteiger partial charge in [0.2, 0.25) is 0 Å². The van der Waals surface area contributed by atoms with Crippen molar-refractivity contribution in [1.82, 2.24) is 9.80 Å². The predicted octanol–water partition coefficient (Wildman–Crippen LogP) is 2.01. The Labute approximate surface area is 144 Å². The Kier molecular flexibility index (Phi) is 5.87. The van der Waals surface area contributed by atoms with Crippen molar-refractivity contribution in [2.24, 2.45) is 0 Å². The summed E-state index contributed by atoms with van der Waals surface area (Å²) in [5.41, 5.74) is 2.20. The molecule has 3 rings (SSSR count). The largest absolute Gasteiger partial charge is 0.468 e. The van der Waals surface area contributed by atoms with Gasteiger partial charge >= 0.3 is 5.97 Å². The number of carbonyl (C=O) groups excluding carboxylic acids is 1. The number of esters is 1. The van der Waals surface area contributed by atoms with Crippen LogP contribution in [0.15, 0.2) is 24.3 Å². The fourth-order valence-corrected chi connectivity index (χ4v) is 3.89. The Hall–Kier alpha value is -1.43. The van der Waals surface area contributed by atoms with Gasteiger partial charge < -0.3 is 9.47 Å². The van der Waals surface area contributed by atoms with Crippen LogP contribution >= 0.6 is 0 Å². The summed E-state index contributed by atoms with van der Waals surface area (Å²) in [5, 5.41) is 0. The lowest BCUT2D eigenvalue weighted by Gasteiger charge is -2.42. The summed E-state index contributed by atoms with van der Waals surface area (Å²) in [5.74, 6) is -0.163. The zero-order chi connectivity index (χ0) is 16.9. The molecule has 2 aliphatic rings. The molecule has 2 aliphatic heterocycles. The Morgan fingerprint density at radius 3 is 2.46 bits per heavy atom. The summed E-state index contributed by atoms with van der Waals surface area (Å²) < 4.78 is 10.6. The maximum atomic E-state index is 12.5. The Morgan fingerprint density at radius 1 is 1.17 bits per heavy atom. The number of piperazine rings is 1. The Morgan fingerprint density at radius 2 is 1.83 bits per heavy atom. The number of nitrogens with zero attached hydrogens (tertiary/aromatic N) is 2. The molecule has 1 aromatic carbocycles. The van der Waals surface area contributed by atoms with Crippen molar-refractivity contribution < 1.29 is 14.3 Å². The van der Waals surface area contributed by atoms with Crippen molar-refractivity contribution in [3.8, 4) is 0 Å². The minimum Gasteiger partial charge on any atom is -0.468 e. The van der Waals surface area contributed by atoms with E-state index in [1.807, 2.05) is 18.2 Å². The highest BCUT2D eigenvalue weighted by atomic mass is 16.5. The minimum absolute atomic E-state index is 0.163. The average Bonchev–Trinajstić information content (AvgIpc) is 2.64. The molecule has 2 heterocycles. The van der Waals surface area contributed by atoms with Gasteiger partial charge in [0.15, 0.2) is 0 Å². The van der Waals surface area contributed by atoms with E-state index in [9.17, 15) is 4.79 Å². The van der Waals surface area contributed by atoms with E-state index in [2.05, 4.69) is 22.8 Å². The van der Waals surface area contributed by atoms with E-state index >= 15 is 0 Å². The van der Waals surface area contributed by atoms with Gasteiger partial charge in [-0.2, -0.15) is 0 Å². The fraction of sp³-hybridized carbons (Fsp3) is 0.632. The van der Waals surface area contributed by atoms with Gasteiger partial charge in [-0.1, -0.05) is 24.3 Å². The summed E-state index contributed by atoms with van der Waals surface area (Å²) in [6.07, 6.45) is 2.25. The van der Waals surface area contributed by atoms with Gasteiger partial charge in [-0.3, -0.25) is 9.80 Å². The van der Waals surface area contributed by atoms with Crippen molar-refractivity contribution in [2.45, 2.75) is 31.8 Å². The fourth-order valence-electron chi connectivity index (χ4n) is 3.89. The normalized spacial score (nSPS) is 22.2. The molecule has 0 aliphatic carbocycles. The number of benzene rings is 1. The van der Waals surface area contributed by atoms with Crippen molar-refractivity contribution in [3.05, 3.63) is 35.4 Å². The standard InChI is InChI=1S/C19H28N2O3/c1-15-5-3-4-6-17(15)18(19(22)23-2)21-11-9-20(10-12-21)16-7-13-24-14-8-16/h3-6,16,18H,7-14H2,1-2H3. The van der Waals surface area contributed by atoms with Crippen LogP contribution in [0.1, 0.15) is 30.0 Å². The maximum Gasteiger partial charge on any atom is 0.327 e. The zero-order valence-corrected chi connectivity index (χ0v) is 14.7. The number of aryl methyl sites for hydroxylation is 1. The second kappa shape index (κ2) is 8.10. The van der Waals surface area contributed by atoms with E-state index in [1.165, 1.54) is 7.11 Å². The highest BCUT2D eigenvalue weighted by Gasteiger charge is 2.33. The lowest BCUT2D eigenvalue weighted by atomic mass is 9.98. The molecule has 0 amide bonds. The minimum atomic E-state index is -0.298. The van der Waals surface area contributed by atoms with Gasteiger partial charge in [-0.05, 0) is 30.9 Å². The number of carbonyl (C=O) groups is 1. The zero-order valence-electron chi connectivity index (χ0n) is 14.7. The van der Waals surface area contributed by atoms with Crippen LogP contribution in [0.4, 0.5) is 0 Å². The SMILES string of the molecule is COC(=O)C(c1ccccc1C)N1CCN(C2CCOCC2)CC1. The molecule has 1 atom stereocenters. The van der Waals surface area contributed by atoms with E-state index in [4.69, 9.17) is 9.47 Å². The summed E-state index contributed by atoms with van der Waals surface area (Å²) in [4.78, 5) is 17.3. The van der Waals surface area contributed by atoms with Crippen molar-refractivity contribution in [3.63, 3.8) is 0 Å². The number of rotatable bonds is 4. The quantitative estimate of drug-likeness (QED) is 0.789. The maximum absolute atomic E-state index is 12.5. The van der Waals surface area contributed by atoms with E-state index in [0.29, 0.717) is 6.04 Å². The first-order valence-electron chi connectivity index (χ1n) is 8.90. The van der Waals surface area contributed by atoms with Gasteiger partial charge in [0.1, 0.15) is 6.04 Å². The lowest BCUT2D eigenvalue weighted by Crippen LogP contribution is -2.53. The molecule has 2 saturated heterocycles. The molecule has 5 heteroatoms. The predicted molar refractivity (Wildman–Crippen MR) is 92.9 cm³/mol. The van der Waals surface area contributed by atoms with Crippen LogP contribution in [-0.2, 0) is 14.3 Å². The molecule has 2 fully saturated rings. The smallest absolute Gasteiger partial charge is 0.327 e. The molecule has 0 spiro atoms. The first-order valence-corrected chi connectivity index (χ1v) is 8.90. The third-order valence-electron chi connectivity index (χ3n) is 5.33. The second-order valence-electron chi connectivity index (χ2n) is 6.70. The molecule has 1 aromatic rings. The first kappa shape index (κ1) is 17.4. The molecule has 5 nitrogen and oxygen atoms in total. The Bertz CT molecular complexity index is 549. The summed E-state index contributed by atoms with van der Waals surface area (Å²) in [7, 11) is 1.48. The molecule has 1 unspecified atom stereocenters. The topological polar surface area (TPSA) is 42.0 Å². The van der Waals surface area contributed by atoms with Gasteiger partial charge in [-0.15, -0.1) is 0 Å². The van der Waals surface area contributed by atoms with Gasteiger partial charge in [0.25, 0.3) is 0 Å². The molecule has 0 bridgehead atoms. The van der Waals surface area contributed by atoms with Crippen molar-refractivity contribution in [2.75, 3.05) is 46.5 Å². The van der Waals surface area contributed by atoms with Gasteiger partial charge in [0.05, 0.1) is 7.11 Å². The van der Waals surface area contributed by atoms with Crippen LogP contribution in [-0.4, -0.2) is 68.3 Å². The van der Waals surface area contributed by atoms with E-state index in [0.717, 1.165) is 63.4 Å². The van der Waals surface area contributed by atoms with Crippen molar-refractivity contribution >= 4 is 5.97 Å². The molecule has 132 valence electrons. The highest BCUT2D eigenvalue weighted by molar-refractivity contribution is 5.78. The molecular weight excluding hydrogens is 304 g/mol. The molecular formula is C19H28N2O3. The molecule has 0 saturated carbocycles. The van der Waals surface area contributed by atoms with Gasteiger partial charge in [-0.25, -0.2) is 4.79 Å². The summed E-state index contributed by atoms with van der Waals surface area (Å²) >= 11 is 0. The number of hydrogen-bond acceptors (Lipinski definition) is 5. The van der Waals surface area contributed by atoms with Crippen LogP contribution in [0.25, 0.3) is 0 Å². The number of hydrogen-bond donors (Lipinski definition) is 0. The number of methoxy groups -OCH3 is 1. The average molecular weight is 332 g/mol. The van der Waals surface area contributed by atoms with Crippen LogP contribution in [0.5, 0.6) is 0 Å². The van der Waals surface area contributed by atoms with Gasteiger partial charge in [0, 0.05) is 45.4 Å². The van der Waals surface area contributed by atoms with E-state index in [1.54, 1.807) is 0 Å². The first-order chi connectivity index (χ1) is 11.7. The third-order valence-corrected chi connectivity index (χ3v) is 5.33. The number of ether oxygens (including phenoxy) is 2. The summed E-state index contributed by atoms with van der Waals surface area (Å²) in [6, 6.07) is 8.45. The lowest BCUT2D eigenvalue weighted by molar-refractivity contribution is -0.148. The molecule has 24 heavy (non-hydrogen) atoms. The summed E-state index contributed by atoms with van der Waals surface area (Å²) in [6.45, 7) is 7.60. The van der Waals surface area contributed by atoms with Crippen LogP contribution < -0.4 is 0 Å². The monoisotopic (exact) mass is 332 g/mol. The highest BCUT2D eigenvalue weighted by Crippen LogP contribution is 2.27. The second-order valence-corrected chi connectivity index (χ2v) is 6.70. The molecule has 0 N–H and O–H groups in total. The molecule has 0 radical (unpaired) electrons. The van der Waals surface area contributed by atoms with E-state index in [-0.39, 0.29) is 12.0 Å². The van der Waals surface area contributed by atoms with Crippen LogP contribution in [0, 0.1) is 6.92 Å².